The zero-order chi connectivity index (χ0) is 13.3. The Kier molecular flexibility index (Phi) is 8.86. The highest BCUT2D eigenvalue weighted by Gasteiger charge is 2.20. The number of hydrogen-bond donors (Lipinski definition) is 0. The topological polar surface area (TPSA) is 38.8 Å². The fourth-order valence-corrected chi connectivity index (χ4v) is 1.63. The van der Waals surface area contributed by atoms with E-state index in [1.807, 2.05) is 27.7 Å². The molecule has 0 bridgehead atoms. The Labute approximate surface area is 105 Å². The normalized spacial score (nSPS) is 11.0. The second-order valence-corrected chi connectivity index (χ2v) is 4.68. The summed E-state index contributed by atoms with van der Waals surface area (Å²) >= 11 is 0. The second-order valence-electron chi connectivity index (χ2n) is 4.68. The fraction of sp³-hybridized carbons (Fsp3) is 0.923. The molecule has 0 saturated heterocycles. The van der Waals surface area contributed by atoms with Crippen LogP contribution in [0.15, 0.2) is 0 Å². The van der Waals surface area contributed by atoms with E-state index < -0.39 is 0 Å². The van der Waals surface area contributed by atoms with Crippen LogP contribution in [0.2, 0.25) is 0 Å². The molecule has 0 aliphatic heterocycles. The van der Waals surface area contributed by atoms with Gasteiger partial charge in [-0.25, -0.2) is 4.79 Å². The maximum absolute atomic E-state index is 11.8. The first-order valence-electron chi connectivity index (χ1n) is 6.53. The minimum atomic E-state index is -0.255. The van der Waals surface area contributed by atoms with Gasteiger partial charge in [0.1, 0.15) is 6.61 Å². The molecule has 0 aromatic rings. The third-order valence-corrected chi connectivity index (χ3v) is 2.42. The fourth-order valence-electron chi connectivity index (χ4n) is 1.63. The molecule has 0 spiro atoms. The van der Waals surface area contributed by atoms with E-state index in [0.717, 1.165) is 19.4 Å². The molecule has 0 rings (SSSR count). The van der Waals surface area contributed by atoms with Crippen molar-refractivity contribution >= 4 is 6.09 Å². The molecule has 0 N–H and O–H groups in total. The third kappa shape index (κ3) is 7.21. The molecule has 4 nitrogen and oxygen atoms in total. The van der Waals surface area contributed by atoms with Gasteiger partial charge in [0.05, 0.1) is 6.61 Å². The lowest BCUT2D eigenvalue weighted by Crippen LogP contribution is -2.42. The van der Waals surface area contributed by atoms with E-state index in [0.29, 0.717) is 13.2 Å². The first-order chi connectivity index (χ1) is 8.00. The summed E-state index contributed by atoms with van der Waals surface area (Å²) in [6.45, 7) is 11.6. The van der Waals surface area contributed by atoms with Gasteiger partial charge in [0.15, 0.2) is 0 Å². The summed E-state index contributed by atoms with van der Waals surface area (Å²) in [6, 6.07) is 0.312. The summed E-state index contributed by atoms with van der Waals surface area (Å²) in [5.74, 6) is 0. The van der Waals surface area contributed by atoms with Crippen molar-refractivity contribution in [3.05, 3.63) is 0 Å². The lowest BCUT2D eigenvalue weighted by atomic mass is 10.2. The van der Waals surface area contributed by atoms with Crippen molar-refractivity contribution in [2.75, 3.05) is 19.8 Å². The van der Waals surface area contributed by atoms with Gasteiger partial charge in [-0.05, 0) is 34.1 Å². The molecule has 0 aromatic carbocycles. The Hall–Kier alpha value is -0.770. The Morgan fingerprint density at radius 3 is 2.12 bits per heavy atom. The SMILES string of the molecule is CCCCOCCOC(=O)N(C(C)C)C(C)C. The number of rotatable bonds is 8. The van der Waals surface area contributed by atoms with Gasteiger partial charge in [-0.2, -0.15) is 0 Å². The Balaban J connectivity index is 3.76. The Morgan fingerprint density at radius 1 is 1.06 bits per heavy atom. The average molecular weight is 245 g/mol. The minimum absolute atomic E-state index is 0.156. The first kappa shape index (κ1) is 16.2. The van der Waals surface area contributed by atoms with Crippen molar-refractivity contribution in [1.29, 1.82) is 0 Å². The van der Waals surface area contributed by atoms with Crippen LogP contribution in [0.1, 0.15) is 47.5 Å². The maximum atomic E-state index is 11.8. The van der Waals surface area contributed by atoms with Crippen LogP contribution in [-0.2, 0) is 9.47 Å². The molecule has 0 heterocycles. The smallest absolute Gasteiger partial charge is 0.410 e. The van der Waals surface area contributed by atoms with E-state index >= 15 is 0 Å². The summed E-state index contributed by atoms with van der Waals surface area (Å²) in [5, 5.41) is 0. The van der Waals surface area contributed by atoms with E-state index in [4.69, 9.17) is 9.47 Å². The lowest BCUT2D eigenvalue weighted by molar-refractivity contribution is 0.0429. The standard InChI is InChI=1S/C13H27NO3/c1-6-7-8-16-9-10-17-13(15)14(11(2)3)12(4)5/h11-12H,6-10H2,1-5H3. The van der Waals surface area contributed by atoms with Gasteiger partial charge in [0, 0.05) is 18.7 Å². The Morgan fingerprint density at radius 2 is 1.65 bits per heavy atom. The molecule has 0 atom stereocenters. The molecule has 4 heteroatoms. The zero-order valence-electron chi connectivity index (χ0n) is 11.9. The first-order valence-corrected chi connectivity index (χ1v) is 6.53. The van der Waals surface area contributed by atoms with Crippen LogP contribution in [-0.4, -0.2) is 42.9 Å². The number of ether oxygens (including phenoxy) is 2. The largest absolute Gasteiger partial charge is 0.447 e. The number of hydrogen-bond acceptors (Lipinski definition) is 3. The molecular formula is C13H27NO3. The van der Waals surface area contributed by atoms with Crippen molar-refractivity contribution in [2.24, 2.45) is 0 Å². The zero-order valence-corrected chi connectivity index (χ0v) is 11.9. The van der Waals surface area contributed by atoms with E-state index in [1.54, 1.807) is 4.90 Å². The predicted molar refractivity (Wildman–Crippen MR) is 69.2 cm³/mol. The van der Waals surface area contributed by atoms with Crippen molar-refractivity contribution in [3.8, 4) is 0 Å². The number of unbranched alkanes of at least 4 members (excludes halogenated alkanes) is 1. The molecule has 0 radical (unpaired) electrons. The number of carbonyl (C=O) groups excluding carboxylic acids is 1. The van der Waals surface area contributed by atoms with Gasteiger partial charge in [-0.1, -0.05) is 13.3 Å². The second kappa shape index (κ2) is 9.28. The summed E-state index contributed by atoms with van der Waals surface area (Å²) in [4.78, 5) is 13.5. The van der Waals surface area contributed by atoms with Gasteiger partial charge in [-0.15, -0.1) is 0 Å². The third-order valence-electron chi connectivity index (χ3n) is 2.42. The van der Waals surface area contributed by atoms with Crippen LogP contribution in [0, 0.1) is 0 Å². The van der Waals surface area contributed by atoms with Gasteiger partial charge >= 0.3 is 6.09 Å². The summed E-state index contributed by atoms with van der Waals surface area (Å²) in [5.41, 5.74) is 0. The van der Waals surface area contributed by atoms with Crippen molar-refractivity contribution < 1.29 is 14.3 Å². The highest BCUT2D eigenvalue weighted by atomic mass is 16.6. The van der Waals surface area contributed by atoms with Gasteiger partial charge in [0.2, 0.25) is 0 Å². The van der Waals surface area contributed by atoms with Crippen LogP contribution in [0.25, 0.3) is 0 Å². The van der Waals surface area contributed by atoms with Gasteiger partial charge in [-0.3, -0.25) is 0 Å². The lowest BCUT2D eigenvalue weighted by Gasteiger charge is -2.29. The molecule has 0 aliphatic carbocycles. The molecule has 0 aliphatic rings. The summed E-state index contributed by atoms with van der Waals surface area (Å²) in [6.07, 6.45) is 1.92. The van der Waals surface area contributed by atoms with E-state index in [2.05, 4.69) is 6.92 Å². The molecule has 0 aromatic heterocycles. The minimum Gasteiger partial charge on any atom is -0.447 e. The number of carbonyl (C=O) groups is 1. The molecule has 1 amide bonds. The maximum Gasteiger partial charge on any atom is 0.410 e. The summed E-state index contributed by atoms with van der Waals surface area (Å²) in [7, 11) is 0. The summed E-state index contributed by atoms with van der Waals surface area (Å²) < 4.78 is 10.5. The van der Waals surface area contributed by atoms with E-state index in [9.17, 15) is 4.79 Å². The number of nitrogens with zero attached hydrogens (tertiary/aromatic N) is 1. The molecular weight excluding hydrogens is 218 g/mol. The van der Waals surface area contributed by atoms with Crippen LogP contribution < -0.4 is 0 Å². The van der Waals surface area contributed by atoms with E-state index in [1.165, 1.54) is 0 Å². The molecule has 0 unspecified atom stereocenters. The van der Waals surface area contributed by atoms with Crippen molar-refractivity contribution in [2.45, 2.75) is 59.5 Å². The molecule has 0 saturated carbocycles. The molecule has 102 valence electrons. The van der Waals surface area contributed by atoms with Crippen LogP contribution in [0.5, 0.6) is 0 Å². The molecule has 0 fully saturated rings. The highest BCUT2D eigenvalue weighted by molar-refractivity contribution is 5.68. The van der Waals surface area contributed by atoms with Crippen molar-refractivity contribution in [1.82, 2.24) is 4.90 Å². The van der Waals surface area contributed by atoms with Crippen molar-refractivity contribution in [3.63, 3.8) is 0 Å². The monoisotopic (exact) mass is 245 g/mol. The molecule has 17 heavy (non-hydrogen) atoms. The van der Waals surface area contributed by atoms with Crippen LogP contribution in [0.3, 0.4) is 0 Å². The number of amides is 1. The highest BCUT2D eigenvalue weighted by Crippen LogP contribution is 2.07. The average Bonchev–Trinajstić information content (AvgIpc) is 2.22. The predicted octanol–water partition coefficient (Wildman–Crippen LogP) is 3.06. The van der Waals surface area contributed by atoms with Gasteiger partial charge < -0.3 is 14.4 Å². The Bertz CT molecular complexity index is 197. The van der Waals surface area contributed by atoms with Gasteiger partial charge in [0.25, 0.3) is 0 Å². The quantitative estimate of drug-likeness (QED) is 0.617. The van der Waals surface area contributed by atoms with E-state index in [-0.39, 0.29) is 18.2 Å². The van der Waals surface area contributed by atoms with Crippen LogP contribution >= 0.6 is 0 Å². The van der Waals surface area contributed by atoms with Crippen LogP contribution in [0.4, 0.5) is 4.79 Å².